The fourth-order valence-corrected chi connectivity index (χ4v) is 3.47. The molecule has 6 nitrogen and oxygen atoms in total. The zero-order valence-electron chi connectivity index (χ0n) is 16.1. The maximum absolute atomic E-state index is 14.6. The number of benzene rings is 2. The van der Waals surface area contributed by atoms with E-state index in [9.17, 15) is 9.18 Å². The molecule has 0 bridgehead atoms. The number of nitrogens with two attached hydrogens (primary N) is 1. The predicted molar refractivity (Wildman–Crippen MR) is 118 cm³/mol. The zero-order chi connectivity index (χ0) is 21.3. The van der Waals surface area contributed by atoms with Crippen LogP contribution in [0.15, 0.2) is 60.9 Å². The maximum Gasteiger partial charge on any atom is 0.323 e. The van der Waals surface area contributed by atoms with Crippen LogP contribution in [0.2, 0.25) is 5.02 Å². The second kappa shape index (κ2) is 8.04. The lowest BCUT2D eigenvalue weighted by Crippen LogP contribution is -2.20. The first-order chi connectivity index (χ1) is 14.4. The molecule has 4 rings (SSSR count). The van der Waals surface area contributed by atoms with Gasteiger partial charge in [-0.3, -0.25) is 0 Å². The van der Waals surface area contributed by atoms with Gasteiger partial charge < -0.3 is 20.9 Å². The van der Waals surface area contributed by atoms with Crippen LogP contribution in [0.4, 0.5) is 26.4 Å². The number of carbonyl (C=O) groups excluding carboxylic acids is 1. The summed E-state index contributed by atoms with van der Waals surface area (Å²) < 4.78 is 16.5. The van der Waals surface area contributed by atoms with Crippen LogP contribution in [-0.2, 0) is 6.54 Å². The SMILES string of the molecule is Cc1ccc(Cl)cc1NC(=O)Nc1c(F)ccc2c1ccn2Cc1ccnc(N)c1. The van der Waals surface area contributed by atoms with E-state index in [2.05, 4.69) is 15.6 Å². The lowest BCUT2D eigenvalue weighted by molar-refractivity contribution is 0.262. The number of rotatable bonds is 4. The highest BCUT2D eigenvalue weighted by Gasteiger charge is 2.15. The summed E-state index contributed by atoms with van der Waals surface area (Å²) in [5.74, 6) is -0.0864. The van der Waals surface area contributed by atoms with Gasteiger partial charge in [0, 0.05) is 35.0 Å². The minimum atomic E-state index is -0.554. The average Bonchev–Trinajstić information content (AvgIpc) is 3.10. The molecule has 0 unspecified atom stereocenters. The van der Waals surface area contributed by atoms with Gasteiger partial charge in [-0.15, -0.1) is 0 Å². The molecule has 8 heteroatoms. The molecule has 4 aromatic rings. The Bertz CT molecular complexity index is 1250. The molecule has 0 fully saturated rings. The molecule has 30 heavy (non-hydrogen) atoms. The van der Waals surface area contributed by atoms with Crippen molar-refractivity contribution in [2.75, 3.05) is 16.4 Å². The van der Waals surface area contributed by atoms with Gasteiger partial charge in [-0.25, -0.2) is 14.2 Å². The third kappa shape index (κ3) is 4.06. The van der Waals surface area contributed by atoms with Gasteiger partial charge in [0.05, 0.1) is 11.2 Å². The number of halogens is 2. The zero-order valence-corrected chi connectivity index (χ0v) is 16.9. The highest BCUT2D eigenvalue weighted by atomic mass is 35.5. The lowest BCUT2D eigenvalue weighted by Gasteiger charge is -2.12. The normalized spacial score (nSPS) is 10.9. The number of anilines is 3. The summed E-state index contributed by atoms with van der Waals surface area (Å²) in [5, 5.41) is 6.43. The number of carbonyl (C=O) groups is 1. The van der Waals surface area contributed by atoms with Gasteiger partial charge in [0.25, 0.3) is 0 Å². The minimum absolute atomic E-state index is 0.109. The van der Waals surface area contributed by atoms with Crippen molar-refractivity contribution in [3.05, 3.63) is 82.9 Å². The first-order valence-corrected chi connectivity index (χ1v) is 9.60. The van der Waals surface area contributed by atoms with E-state index in [1.54, 1.807) is 42.6 Å². The summed E-state index contributed by atoms with van der Waals surface area (Å²) in [6.07, 6.45) is 3.48. The summed E-state index contributed by atoms with van der Waals surface area (Å²) in [5.41, 5.74) is 9.00. The molecule has 0 spiro atoms. The van der Waals surface area contributed by atoms with Crippen LogP contribution in [0.25, 0.3) is 10.9 Å². The Balaban J connectivity index is 1.61. The number of nitrogens with zero attached hydrogens (tertiary/aromatic N) is 2. The van der Waals surface area contributed by atoms with E-state index in [4.69, 9.17) is 17.3 Å². The van der Waals surface area contributed by atoms with E-state index >= 15 is 0 Å². The highest BCUT2D eigenvalue weighted by Crippen LogP contribution is 2.29. The minimum Gasteiger partial charge on any atom is -0.384 e. The molecule has 0 aliphatic heterocycles. The fourth-order valence-electron chi connectivity index (χ4n) is 3.30. The second-order valence-corrected chi connectivity index (χ2v) is 7.36. The van der Waals surface area contributed by atoms with Crippen LogP contribution in [0, 0.1) is 12.7 Å². The maximum atomic E-state index is 14.6. The Morgan fingerprint density at radius 1 is 1.17 bits per heavy atom. The Hall–Kier alpha value is -3.58. The predicted octanol–water partition coefficient (Wildman–Crippen LogP) is 5.41. The van der Waals surface area contributed by atoms with Crippen LogP contribution in [0.3, 0.4) is 0 Å². The van der Waals surface area contributed by atoms with Gasteiger partial charge in [-0.05, 0) is 60.5 Å². The number of urea groups is 1. The largest absolute Gasteiger partial charge is 0.384 e. The number of nitrogens with one attached hydrogen (secondary N) is 2. The van der Waals surface area contributed by atoms with Crippen molar-refractivity contribution in [2.24, 2.45) is 0 Å². The molecule has 2 heterocycles. The molecule has 0 aliphatic rings. The van der Waals surface area contributed by atoms with Crippen molar-refractivity contribution >= 4 is 45.7 Å². The van der Waals surface area contributed by atoms with Crippen LogP contribution < -0.4 is 16.4 Å². The monoisotopic (exact) mass is 423 g/mol. The molecule has 2 aromatic carbocycles. The standard InChI is InChI=1S/C22H19ClFN5O/c1-13-2-3-15(23)11-18(13)27-22(30)28-21-16-7-9-29(19(16)5-4-17(21)24)12-14-6-8-26-20(25)10-14/h2-11H,12H2,1H3,(H2,25,26)(H2,27,28,30). The molecule has 2 aromatic heterocycles. The smallest absolute Gasteiger partial charge is 0.323 e. The van der Waals surface area contributed by atoms with E-state index in [0.717, 1.165) is 16.6 Å². The quantitative estimate of drug-likeness (QED) is 0.410. The molecule has 0 radical (unpaired) electrons. The van der Waals surface area contributed by atoms with Gasteiger partial charge >= 0.3 is 6.03 Å². The van der Waals surface area contributed by atoms with Gasteiger partial charge in [-0.2, -0.15) is 0 Å². The van der Waals surface area contributed by atoms with Crippen LogP contribution >= 0.6 is 11.6 Å². The number of hydrogen-bond acceptors (Lipinski definition) is 3. The van der Waals surface area contributed by atoms with Gasteiger partial charge in [0.15, 0.2) is 0 Å². The fraction of sp³-hybridized carbons (Fsp3) is 0.0909. The van der Waals surface area contributed by atoms with E-state index < -0.39 is 11.8 Å². The summed E-state index contributed by atoms with van der Waals surface area (Å²) >= 11 is 6.00. The van der Waals surface area contributed by atoms with Crippen molar-refractivity contribution in [3.63, 3.8) is 0 Å². The Morgan fingerprint density at radius 2 is 2.00 bits per heavy atom. The molecular formula is C22H19ClFN5O. The average molecular weight is 424 g/mol. The number of aromatic nitrogens is 2. The first kappa shape index (κ1) is 19.7. The lowest BCUT2D eigenvalue weighted by atomic mass is 10.2. The molecule has 4 N–H and O–H groups in total. The number of nitrogen functional groups attached to an aromatic ring is 1. The summed E-state index contributed by atoms with van der Waals surface area (Å²) in [7, 11) is 0. The molecule has 2 amide bonds. The van der Waals surface area contributed by atoms with Crippen molar-refractivity contribution in [1.29, 1.82) is 0 Å². The highest BCUT2D eigenvalue weighted by molar-refractivity contribution is 6.31. The van der Waals surface area contributed by atoms with Gasteiger partial charge in [0.1, 0.15) is 11.6 Å². The summed E-state index contributed by atoms with van der Waals surface area (Å²) in [4.78, 5) is 16.5. The third-order valence-electron chi connectivity index (χ3n) is 4.79. The molecular weight excluding hydrogens is 405 g/mol. The first-order valence-electron chi connectivity index (χ1n) is 9.22. The molecule has 0 aliphatic carbocycles. The van der Waals surface area contributed by atoms with Crippen molar-refractivity contribution in [2.45, 2.75) is 13.5 Å². The van der Waals surface area contributed by atoms with E-state index in [1.165, 1.54) is 6.07 Å². The Morgan fingerprint density at radius 3 is 2.80 bits per heavy atom. The van der Waals surface area contributed by atoms with E-state index in [-0.39, 0.29) is 5.69 Å². The summed E-state index contributed by atoms with van der Waals surface area (Å²) in [6.45, 7) is 2.38. The Labute approximate surface area is 177 Å². The van der Waals surface area contributed by atoms with Crippen LogP contribution in [0.5, 0.6) is 0 Å². The molecule has 152 valence electrons. The third-order valence-corrected chi connectivity index (χ3v) is 5.02. The van der Waals surface area contributed by atoms with Crippen molar-refractivity contribution in [1.82, 2.24) is 9.55 Å². The topological polar surface area (TPSA) is 85.0 Å². The molecule has 0 saturated carbocycles. The van der Waals surface area contributed by atoms with Gasteiger partial charge in [0.2, 0.25) is 0 Å². The van der Waals surface area contributed by atoms with Crippen LogP contribution in [-0.4, -0.2) is 15.6 Å². The van der Waals surface area contributed by atoms with E-state index in [1.807, 2.05) is 23.8 Å². The van der Waals surface area contributed by atoms with E-state index in [0.29, 0.717) is 28.5 Å². The van der Waals surface area contributed by atoms with Gasteiger partial charge in [-0.1, -0.05) is 17.7 Å². The molecule has 0 saturated heterocycles. The Kier molecular flexibility index (Phi) is 5.29. The molecule has 0 atom stereocenters. The van der Waals surface area contributed by atoms with Crippen LogP contribution in [0.1, 0.15) is 11.1 Å². The second-order valence-electron chi connectivity index (χ2n) is 6.93. The van der Waals surface area contributed by atoms with Crippen molar-refractivity contribution in [3.8, 4) is 0 Å². The van der Waals surface area contributed by atoms with Crippen molar-refractivity contribution < 1.29 is 9.18 Å². The number of fused-ring (bicyclic) bond motifs is 1. The number of amides is 2. The number of hydrogen-bond donors (Lipinski definition) is 3. The number of aryl methyl sites for hydroxylation is 1. The summed E-state index contributed by atoms with van der Waals surface area (Å²) in [6, 6.07) is 13.1. The number of pyridine rings is 1.